The highest BCUT2D eigenvalue weighted by molar-refractivity contribution is 5.92. The first kappa shape index (κ1) is 25.1. The molecule has 0 spiro atoms. The minimum absolute atomic E-state index is 0.100. The summed E-state index contributed by atoms with van der Waals surface area (Å²) in [6.45, 7) is 0.193. The average molecular weight is 500 g/mol. The number of hydrogen-bond donors (Lipinski definition) is 1. The third kappa shape index (κ3) is 5.99. The van der Waals surface area contributed by atoms with Crippen molar-refractivity contribution in [1.82, 2.24) is 20.1 Å². The van der Waals surface area contributed by atoms with Crippen molar-refractivity contribution in [1.29, 1.82) is 0 Å². The molecule has 0 atom stereocenters. The molecule has 0 aliphatic heterocycles. The lowest BCUT2D eigenvalue weighted by Gasteiger charge is -2.10. The van der Waals surface area contributed by atoms with Crippen molar-refractivity contribution in [3.63, 3.8) is 0 Å². The first-order valence-corrected chi connectivity index (χ1v) is 11.4. The van der Waals surface area contributed by atoms with Gasteiger partial charge < -0.3 is 14.8 Å². The number of rotatable bonds is 10. The lowest BCUT2D eigenvalue weighted by Crippen LogP contribution is -2.23. The van der Waals surface area contributed by atoms with Crippen LogP contribution in [0.3, 0.4) is 0 Å². The van der Waals surface area contributed by atoms with Gasteiger partial charge in [0.15, 0.2) is 11.5 Å². The van der Waals surface area contributed by atoms with E-state index in [-0.39, 0.29) is 30.3 Å². The van der Waals surface area contributed by atoms with Crippen molar-refractivity contribution in [2.45, 2.75) is 6.42 Å². The van der Waals surface area contributed by atoms with Crippen molar-refractivity contribution < 1.29 is 19.2 Å². The van der Waals surface area contributed by atoms with E-state index in [1.165, 1.54) is 26.4 Å². The molecule has 4 aromatic rings. The number of aromatic nitrogens is 3. The number of nitrogens with one attached hydrogen (secondary N) is 1. The Bertz CT molecular complexity index is 1420. The lowest BCUT2D eigenvalue weighted by molar-refractivity contribution is -0.385. The Hall–Kier alpha value is -4.99. The highest BCUT2D eigenvalue weighted by atomic mass is 16.6. The van der Waals surface area contributed by atoms with E-state index in [1.54, 1.807) is 29.2 Å². The molecular formula is C27H25N5O5. The largest absolute Gasteiger partial charge is 0.493 e. The summed E-state index contributed by atoms with van der Waals surface area (Å²) >= 11 is 0. The molecule has 0 bridgehead atoms. The van der Waals surface area contributed by atoms with E-state index >= 15 is 0 Å². The van der Waals surface area contributed by atoms with E-state index in [2.05, 4.69) is 10.3 Å². The number of hydrogen-bond acceptors (Lipinski definition) is 7. The Morgan fingerprint density at radius 1 is 1.11 bits per heavy atom. The van der Waals surface area contributed by atoms with Gasteiger partial charge in [-0.2, -0.15) is 5.10 Å². The van der Waals surface area contributed by atoms with Crippen molar-refractivity contribution in [3.05, 3.63) is 101 Å². The molecule has 1 amide bonds. The van der Waals surface area contributed by atoms with E-state index in [0.29, 0.717) is 17.0 Å². The van der Waals surface area contributed by atoms with Gasteiger partial charge in [-0.05, 0) is 42.8 Å². The maximum atomic E-state index is 12.6. The molecule has 0 saturated carbocycles. The van der Waals surface area contributed by atoms with E-state index in [4.69, 9.17) is 14.6 Å². The second kappa shape index (κ2) is 11.6. The molecule has 0 unspecified atom stereocenters. The smallest absolute Gasteiger partial charge is 0.276 e. The number of ether oxygens (including phenoxy) is 2. The quantitative estimate of drug-likeness (QED) is 0.197. The first-order chi connectivity index (χ1) is 18.0. The zero-order valence-electron chi connectivity index (χ0n) is 20.3. The predicted molar refractivity (Wildman–Crippen MR) is 139 cm³/mol. The summed E-state index contributed by atoms with van der Waals surface area (Å²) < 4.78 is 12.1. The van der Waals surface area contributed by atoms with Crippen LogP contribution in [-0.2, 0) is 11.2 Å². The molecule has 10 nitrogen and oxygen atoms in total. The minimum atomic E-state index is -0.483. The van der Waals surface area contributed by atoms with Gasteiger partial charge in [-0.1, -0.05) is 18.2 Å². The Kier molecular flexibility index (Phi) is 7.89. The van der Waals surface area contributed by atoms with E-state index in [9.17, 15) is 14.9 Å². The van der Waals surface area contributed by atoms with E-state index in [1.807, 2.05) is 48.7 Å². The second-order valence-corrected chi connectivity index (χ2v) is 7.92. The number of nitrogens with zero attached hydrogens (tertiary/aromatic N) is 4. The highest BCUT2D eigenvalue weighted by Crippen LogP contribution is 2.34. The molecule has 4 rings (SSSR count). The monoisotopic (exact) mass is 499 g/mol. The van der Waals surface area contributed by atoms with Crippen LogP contribution >= 0.6 is 0 Å². The van der Waals surface area contributed by atoms with Gasteiger partial charge in [0.1, 0.15) is 5.69 Å². The SMILES string of the molecule is COc1cc(CCNC(=O)/C=C/c2cn(-c3ccccc3)nc2-c2cccnc2)c([N+](=O)[O-])cc1OC. The van der Waals surface area contributed by atoms with Crippen LogP contribution < -0.4 is 14.8 Å². The Balaban J connectivity index is 1.49. The van der Waals surface area contributed by atoms with E-state index in [0.717, 1.165) is 16.8 Å². The normalized spacial score (nSPS) is 10.9. The molecule has 0 saturated heterocycles. The predicted octanol–water partition coefficient (Wildman–Crippen LogP) is 4.23. The molecule has 0 fully saturated rings. The maximum absolute atomic E-state index is 12.6. The van der Waals surface area contributed by atoms with Gasteiger partial charge in [0.2, 0.25) is 5.91 Å². The lowest BCUT2D eigenvalue weighted by atomic mass is 10.1. The summed E-state index contributed by atoms with van der Waals surface area (Å²) in [5.74, 6) is 0.311. The fourth-order valence-corrected chi connectivity index (χ4v) is 3.77. The van der Waals surface area contributed by atoms with Crippen LogP contribution in [-0.4, -0.2) is 46.4 Å². The highest BCUT2D eigenvalue weighted by Gasteiger charge is 2.19. The van der Waals surface area contributed by atoms with Crippen molar-refractivity contribution in [2.75, 3.05) is 20.8 Å². The van der Waals surface area contributed by atoms with Crippen molar-refractivity contribution in [2.24, 2.45) is 0 Å². The Morgan fingerprint density at radius 3 is 2.54 bits per heavy atom. The van der Waals surface area contributed by atoms with Gasteiger partial charge in [0, 0.05) is 47.9 Å². The average Bonchev–Trinajstić information content (AvgIpc) is 3.36. The van der Waals surface area contributed by atoms with Crippen LogP contribution in [0, 0.1) is 10.1 Å². The standard InChI is InChI=1S/C27H25N5O5/c1-36-24-15-19(23(32(34)35)16-25(24)37-2)12-14-29-26(33)11-10-21-18-31(22-8-4-3-5-9-22)30-27(21)20-7-6-13-28-17-20/h3-11,13,15-18H,12,14H2,1-2H3,(H,29,33)/b11-10+. The molecule has 0 aliphatic rings. The van der Waals surface area contributed by atoms with Crippen LogP contribution in [0.1, 0.15) is 11.1 Å². The molecule has 0 aliphatic carbocycles. The van der Waals surface area contributed by atoms with Gasteiger partial charge in [-0.25, -0.2) is 4.68 Å². The molecule has 2 heterocycles. The number of nitro groups is 1. The van der Waals surface area contributed by atoms with E-state index < -0.39 is 4.92 Å². The summed E-state index contributed by atoms with van der Waals surface area (Å²) in [4.78, 5) is 27.7. The maximum Gasteiger partial charge on any atom is 0.276 e. The molecule has 1 N–H and O–H groups in total. The van der Waals surface area contributed by atoms with Gasteiger partial charge in [0.25, 0.3) is 5.69 Å². The third-order valence-corrected chi connectivity index (χ3v) is 5.59. The van der Waals surface area contributed by atoms with Gasteiger partial charge in [-0.15, -0.1) is 0 Å². The molecule has 2 aromatic heterocycles. The number of methoxy groups -OCH3 is 2. The topological polar surface area (TPSA) is 121 Å². The number of pyridine rings is 1. The van der Waals surface area contributed by atoms with Crippen LogP contribution in [0.4, 0.5) is 5.69 Å². The van der Waals surface area contributed by atoms with Gasteiger partial charge in [-0.3, -0.25) is 19.9 Å². The number of nitro benzene ring substituents is 1. The third-order valence-electron chi connectivity index (χ3n) is 5.59. The summed E-state index contributed by atoms with van der Waals surface area (Å²) in [6.07, 6.45) is 8.57. The molecule has 10 heteroatoms. The number of carbonyl (C=O) groups is 1. The Labute approximate surface area is 213 Å². The summed E-state index contributed by atoms with van der Waals surface area (Å²) in [6, 6.07) is 16.2. The van der Waals surface area contributed by atoms with Crippen LogP contribution in [0.5, 0.6) is 11.5 Å². The molecular weight excluding hydrogens is 474 g/mol. The molecule has 188 valence electrons. The number of benzene rings is 2. The summed E-state index contributed by atoms with van der Waals surface area (Å²) in [5, 5.41) is 19.0. The second-order valence-electron chi connectivity index (χ2n) is 7.92. The van der Waals surface area contributed by atoms with Crippen molar-refractivity contribution in [3.8, 4) is 28.4 Å². The van der Waals surface area contributed by atoms with Crippen molar-refractivity contribution >= 4 is 17.7 Å². The van der Waals surface area contributed by atoms with Gasteiger partial charge in [0.05, 0.1) is 30.9 Å². The zero-order valence-corrected chi connectivity index (χ0v) is 20.3. The molecule has 2 aromatic carbocycles. The molecule has 37 heavy (non-hydrogen) atoms. The fraction of sp³-hybridized carbons (Fsp3) is 0.148. The number of carbonyl (C=O) groups excluding carboxylic acids is 1. The summed E-state index contributed by atoms with van der Waals surface area (Å²) in [5.41, 5.74) is 3.45. The minimum Gasteiger partial charge on any atom is -0.493 e. The van der Waals surface area contributed by atoms with Gasteiger partial charge >= 0.3 is 0 Å². The fourth-order valence-electron chi connectivity index (χ4n) is 3.77. The number of amides is 1. The van der Waals surface area contributed by atoms with Crippen LogP contribution in [0.2, 0.25) is 0 Å². The van der Waals surface area contributed by atoms with Crippen LogP contribution in [0.15, 0.2) is 79.3 Å². The summed E-state index contributed by atoms with van der Waals surface area (Å²) in [7, 11) is 2.87. The number of para-hydroxylation sites is 1. The zero-order chi connectivity index (χ0) is 26.2. The van der Waals surface area contributed by atoms with Crippen LogP contribution in [0.25, 0.3) is 23.0 Å². The first-order valence-electron chi connectivity index (χ1n) is 11.4. The Morgan fingerprint density at radius 2 is 1.86 bits per heavy atom. The molecule has 0 radical (unpaired) electrons.